The molecule has 3 nitrogen and oxygen atoms in total. The van der Waals surface area contributed by atoms with Crippen molar-refractivity contribution in [1.29, 1.82) is 0 Å². The highest BCUT2D eigenvalue weighted by Gasteiger charge is 2.04. The fraction of sp³-hybridized carbons (Fsp3) is 0.154. The molecule has 0 bridgehead atoms. The van der Waals surface area contributed by atoms with Crippen molar-refractivity contribution in [1.82, 2.24) is 4.98 Å². The first-order valence-electron chi connectivity index (χ1n) is 5.12. The molecule has 0 fully saturated rings. The van der Waals surface area contributed by atoms with Gasteiger partial charge >= 0.3 is 0 Å². The van der Waals surface area contributed by atoms with Gasteiger partial charge in [-0.15, -0.1) is 0 Å². The van der Waals surface area contributed by atoms with Crippen molar-refractivity contribution in [2.45, 2.75) is 13.8 Å². The molecule has 3 heteroatoms. The van der Waals surface area contributed by atoms with Crippen LogP contribution < -0.4 is 10.5 Å². The third-order valence-corrected chi connectivity index (χ3v) is 2.39. The first kappa shape index (κ1) is 10.5. The molecule has 0 unspecified atom stereocenters. The largest absolute Gasteiger partial charge is 0.437 e. The Hall–Kier alpha value is -2.03. The predicted octanol–water partition coefficient (Wildman–Crippen LogP) is 3.07. The zero-order valence-electron chi connectivity index (χ0n) is 9.40. The quantitative estimate of drug-likeness (QED) is 0.781. The second-order valence-corrected chi connectivity index (χ2v) is 3.76. The van der Waals surface area contributed by atoms with Crippen LogP contribution in [0.15, 0.2) is 36.5 Å². The molecule has 2 rings (SSSR count). The summed E-state index contributed by atoms with van der Waals surface area (Å²) in [6.07, 6.45) is 1.72. The standard InChI is InChI=1S/C13H14N2O/c1-9-6-7-15-12(8-9)16-11-5-3-4-10(2)13(11)14/h3-8H,14H2,1-2H3. The fourth-order valence-electron chi connectivity index (χ4n) is 1.42. The molecule has 0 aliphatic carbocycles. The normalized spacial score (nSPS) is 10.1. The number of aryl methyl sites for hydroxylation is 2. The molecule has 1 aromatic carbocycles. The van der Waals surface area contributed by atoms with E-state index in [0.717, 1.165) is 11.1 Å². The van der Waals surface area contributed by atoms with E-state index in [1.807, 2.05) is 44.2 Å². The maximum absolute atomic E-state index is 5.92. The summed E-state index contributed by atoms with van der Waals surface area (Å²) < 4.78 is 5.63. The number of nitrogens with two attached hydrogens (primary N) is 1. The van der Waals surface area contributed by atoms with E-state index >= 15 is 0 Å². The summed E-state index contributed by atoms with van der Waals surface area (Å²) in [6.45, 7) is 3.94. The van der Waals surface area contributed by atoms with Gasteiger partial charge in [-0.25, -0.2) is 4.98 Å². The Labute approximate surface area is 94.9 Å². The van der Waals surface area contributed by atoms with Gasteiger partial charge in [0.2, 0.25) is 5.88 Å². The molecule has 2 N–H and O–H groups in total. The summed E-state index contributed by atoms with van der Waals surface area (Å²) >= 11 is 0. The first-order valence-corrected chi connectivity index (χ1v) is 5.12. The second kappa shape index (κ2) is 4.23. The van der Waals surface area contributed by atoms with Crippen LogP contribution in [0.1, 0.15) is 11.1 Å². The summed E-state index contributed by atoms with van der Waals surface area (Å²) in [4.78, 5) is 4.13. The van der Waals surface area contributed by atoms with Crippen molar-refractivity contribution < 1.29 is 4.74 Å². The Bertz CT molecular complexity index is 509. The number of aromatic nitrogens is 1. The van der Waals surface area contributed by atoms with E-state index in [4.69, 9.17) is 10.5 Å². The number of pyridine rings is 1. The van der Waals surface area contributed by atoms with E-state index in [-0.39, 0.29) is 0 Å². The number of anilines is 1. The van der Waals surface area contributed by atoms with Crippen molar-refractivity contribution >= 4 is 5.69 Å². The van der Waals surface area contributed by atoms with Crippen LogP contribution in [0.2, 0.25) is 0 Å². The highest BCUT2D eigenvalue weighted by Crippen LogP contribution is 2.28. The van der Waals surface area contributed by atoms with E-state index in [0.29, 0.717) is 17.3 Å². The minimum absolute atomic E-state index is 0.567. The third kappa shape index (κ3) is 2.14. The number of hydrogen-bond donors (Lipinski definition) is 1. The summed E-state index contributed by atoms with van der Waals surface area (Å²) in [5.41, 5.74) is 8.69. The van der Waals surface area contributed by atoms with Crippen LogP contribution in [0.4, 0.5) is 5.69 Å². The lowest BCUT2D eigenvalue weighted by atomic mass is 10.2. The second-order valence-electron chi connectivity index (χ2n) is 3.76. The lowest BCUT2D eigenvalue weighted by molar-refractivity contribution is 0.464. The average Bonchev–Trinajstić information content (AvgIpc) is 2.25. The molecule has 0 atom stereocenters. The Morgan fingerprint density at radius 2 is 2.00 bits per heavy atom. The number of rotatable bonds is 2. The van der Waals surface area contributed by atoms with Gasteiger partial charge in [0.15, 0.2) is 5.75 Å². The Kier molecular flexibility index (Phi) is 2.77. The van der Waals surface area contributed by atoms with Gasteiger partial charge in [0.05, 0.1) is 5.69 Å². The Balaban J connectivity index is 2.31. The van der Waals surface area contributed by atoms with Gasteiger partial charge in [-0.05, 0) is 37.1 Å². The van der Waals surface area contributed by atoms with E-state index in [2.05, 4.69) is 4.98 Å². The molecule has 0 aliphatic heterocycles. The topological polar surface area (TPSA) is 48.1 Å². The van der Waals surface area contributed by atoms with Crippen LogP contribution in [0, 0.1) is 13.8 Å². The zero-order chi connectivity index (χ0) is 11.5. The van der Waals surface area contributed by atoms with Crippen LogP contribution in [0.3, 0.4) is 0 Å². The van der Waals surface area contributed by atoms with Crippen molar-refractivity contribution in [3.8, 4) is 11.6 Å². The molecule has 0 saturated heterocycles. The minimum Gasteiger partial charge on any atom is -0.437 e. The molecule has 82 valence electrons. The highest BCUT2D eigenvalue weighted by atomic mass is 16.5. The summed E-state index contributed by atoms with van der Waals surface area (Å²) in [5.74, 6) is 1.22. The van der Waals surface area contributed by atoms with Gasteiger partial charge in [0.1, 0.15) is 0 Å². The van der Waals surface area contributed by atoms with E-state index < -0.39 is 0 Å². The maximum atomic E-state index is 5.92. The monoisotopic (exact) mass is 214 g/mol. The van der Waals surface area contributed by atoms with E-state index in [9.17, 15) is 0 Å². The minimum atomic E-state index is 0.567. The maximum Gasteiger partial charge on any atom is 0.219 e. The van der Waals surface area contributed by atoms with Crippen LogP contribution in [0.5, 0.6) is 11.6 Å². The molecule has 0 spiro atoms. The van der Waals surface area contributed by atoms with Crippen LogP contribution in [0.25, 0.3) is 0 Å². The molecule has 0 amide bonds. The fourth-order valence-corrected chi connectivity index (χ4v) is 1.42. The number of nitrogen functional groups attached to an aromatic ring is 1. The number of hydrogen-bond acceptors (Lipinski definition) is 3. The predicted molar refractivity (Wildman–Crippen MR) is 64.6 cm³/mol. The average molecular weight is 214 g/mol. The molecule has 1 heterocycles. The lowest BCUT2D eigenvalue weighted by Crippen LogP contribution is -1.95. The molecule has 0 saturated carbocycles. The smallest absolute Gasteiger partial charge is 0.219 e. The van der Waals surface area contributed by atoms with Crippen LogP contribution in [-0.2, 0) is 0 Å². The number of ether oxygens (including phenoxy) is 1. The van der Waals surface area contributed by atoms with Gasteiger partial charge in [-0.2, -0.15) is 0 Å². The van der Waals surface area contributed by atoms with Gasteiger partial charge in [0, 0.05) is 12.3 Å². The summed E-state index contributed by atoms with van der Waals surface area (Å²) in [7, 11) is 0. The zero-order valence-corrected chi connectivity index (χ0v) is 9.40. The molecule has 2 aromatic rings. The van der Waals surface area contributed by atoms with Gasteiger partial charge in [-0.3, -0.25) is 0 Å². The van der Waals surface area contributed by atoms with E-state index in [1.165, 1.54) is 0 Å². The lowest BCUT2D eigenvalue weighted by Gasteiger charge is -2.09. The SMILES string of the molecule is Cc1ccnc(Oc2cccc(C)c2N)c1. The molecule has 1 aromatic heterocycles. The van der Waals surface area contributed by atoms with Gasteiger partial charge in [0.25, 0.3) is 0 Å². The Morgan fingerprint density at radius 3 is 2.75 bits per heavy atom. The number of benzene rings is 1. The molecular weight excluding hydrogens is 200 g/mol. The van der Waals surface area contributed by atoms with Crippen LogP contribution in [-0.4, -0.2) is 4.98 Å². The molecule has 0 aliphatic rings. The van der Waals surface area contributed by atoms with Crippen LogP contribution >= 0.6 is 0 Å². The molecule has 16 heavy (non-hydrogen) atoms. The van der Waals surface area contributed by atoms with Crippen molar-refractivity contribution in [3.63, 3.8) is 0 Å². The van der Waals surface area contributed by atoms with E-state index in [1.54, 1.807) is 6.20 Å². The molecule has 0 radical (unpaired) electrons. The van der Waals surface area contributed by atoms with Crippen molar-refractivity contribution in [2.24, 2.45) is 0 Å². The third-order valence-electron chi connectivity index (χ3n) is 2.39. The Morgan fingerprint density at radius 1 is 1.19 bits per heavy atom. The first-order chi connectivity index (χ1) is 7.66. The van der Waals surface area contributed by atoms with Crippen molar-refractivity contribution in [2.75, 3.05) is 5.73 Å². The van der Waals surface area contributed by atoms with Gasteiger partial charge in [-0.1, -0.05) is 12.1 Å². The van der Waals surface area contributed by atoms with Gasteiger partial charge < -0.3 is 10.5 Å². The number of nitrogens with zero attached hydrogens (tertiary/aromatic N) is 1. The van der Waals surface area contributed by atoms with Crippen molar-refractivity contribution in [3.05, 3.63) is 47.7 Å². The highest BCUT2D eigenvalue weighted by molar-refractivity contribution is 5.58. The molecular formula is C13H14N2O. The summed E-state index contributed by atoms with van der Waals surface area (Å²) in [5, 5.41) is 0. The summed E-state index contributed by atoms with van der Waals surface area (Å²) in [6, 6.07) is 9.50. The number of para-hydroxylation sites is 1.